The first-order valence-corrected chi connectivity index (χ1v) is 21.4. The first-order valence-electron chi connectivity index (χ1n) is 21.4. The fraction of sp³-hybridized carbons (Fsp3) is 0.447. The molecule has 13 nitrogen and oxygen atoms in total. The topological polar surface area (TPSA) is 159 Å². The molecule has 5 heterocycles. The van der Waals surface area contributed by atoms with Crippen molar-refractivity contribution in [3.63, 3.8) is 0 Å². The second-order valence-corrected chi connectivity index (χ2v) is 17.4. The van der Waals surface area contributed by atoms with Crippen molar-refractivity contribution in [3.05, 3.63) is 93.2 Å². The van der Waals surface area contributed by atoms with Crippen LogP contribution in [0.5, 0.6) is 5.75 Å². The van der Waals surface area contributed by atoms with Crippen LogP contribution in [0.15, 0.2) is 48.5 Å². The number of aryl methyl sites for hydroxylation is 1. The van der Waals surface area contributed by atoms with Gasteiger partial charge >= 0.3 is 0 Å². The summed E-state index contributed by atoms with van der Waals surface area (Å²) in [6, 6.07) is 17.2. The van der Waals surface area contributed by atoms with Crippen molar-refractivity contribution in [2.75, 3.05) is 50.8 Å². The molecule has 1 atom stereocenters. The van der Waals surface area contributed by atoms with Crippen molar-refractivity contribution in [3.8, 4) is 11.8 Å². The van der Waals surface area contributed by atoms with Gasteiger partial charge < -0.3 is 24.4 Å². The molecule has 60 heavy (non-hydrogen) atoms. The first-order chi connectivity index (χ1) is 29.0. The average Bonchev–Trinajstić information content (AvgIpc) is 3.82. The minimum atomic E-state index is -0.684. The van der Waals surface area contributed by atoms with Crippen molar-refractivity contribution in [1.29, 1.82) is 5.26 Å². The lowest BCUT2D eigenvalue weighted by atomic mass is 9.70. The molecular weight excluding hydrogens is 759 g/mol. The van der Waals surface area contributed by atoms with Crippen molar-refractivity contribution in [2.45, 2.75) is 89.8 Å². The molecule has 13 heteroatoms. The van der Waals surface area contributed by atoms with Crippen LogP contribution in [-0.4, -0.2) is 107 Å². The number of H-pyrrole nitrogens is 1. The lowest BCUT2D eigenvalue weighted by molar-refractivity contribution is -0.137. The molecule has 3 fully saturated rings. The third-order valence-electron chi connectivity index (χ3n) is 13.6. The maximum absolute atomic E-state index is 14.1. The molecular formula is C47H51N7O6. The van der Waals surface area contributed by atoms with Gasteiger partial charge in [0.2, 0.25) is 17.7 Å². The Morgan fingerprint density at radius 3 is 2.47 bits per heavy atom. The Kier molecular flexibility index (Phi) is 10.2. The summed E-state index contributed by atoms with van der Waals surface area (Å²) in [5.41, 5.74) is 8.00. The minimum Gasteiger partial charge on any atom is -0.493 e. The lowest BCUT2D eigenvalue weighted by Gasteiger charge is -2.44. The van der Waals surface area contributed by atoms with Crippen LogP contribution in [-0.2, 0) is 32.8 Å². The average molecular weight is 810 g/mol. The highest BCUT2D eigenvalue weighted by molar-refractivity contribution is 6.20. The summed E-state index contributed by atoms with van der Waals surface area (Å²) in [4.78, 5) is 76.7. The molecule has 0 spiro atoms. The Morgan fingerprint density at radius 2 is 1.73 bits per heavy atom. The number of piperidine rings is 2. The van der Waals surface area contributed by atoms with Crippen molar-refractivity contribution >= 4 is 46.0 Å². The number of aromatic nitrogens is 1. The number of nitrogens with one attached hydrogen (secondary N) is 2. The van der Waals surface area contributed by atoms with Crippen LogP contribution >= 0.6 is 0 Å². The van der Waals surface area contributed by atoms with E-state index < -0.39 is 17.4 Å². The second kappa shape index (κ2) is 15.6. The number of rotatable bonds is 9. The van der Waals surface area contributed by atoms with Gasteiger partial charge in [0.05, 0.1) is 30.3 Å². The quantitative estimate of drug-likeness (QED) is 0.171. The molecule has 9 rings (SSSR count). The molecule has 4 amide bonds. The molecule has 1 unspecified atom stereocenters. The summed E-state index contributed by atoms with van der Waals surface area (Å²) < 4.78 is 6.10. The molecule has 0 saturated carbocycles. The summed E-state index contributed by atoms with van der Waals surface area (Å²) in [7, 11) is 0. The normalized spacial score (nSPS) is 20.5. The van der Waals surface area contributed by atoms with Gasteiger partial charge in [-0.05, 0) is 79.6 Å². The van der Waals surface area contributed by atoms with Gasteiger partial charge in [0.15, 0.2) is 5.78 Å². The first kappa shape index (κ1) is 39.5. The van der Waals surface area contributed by atoms with E-state index >= 15 is 0 Å². The fourth-order valence-corrected chi connectivity index (χ4v) is 10.2. The van der Waals surface area contributed by atoms with Crippen LogP contribution in [0.4, 0.5) is 5.69 Å². The standard InChI is InChI=1S/C47H51N7O6/c1-4-29-24-33-35(47(2,3)44-42(43(33)57)32-11-10-28(26-48)23-36(32)49-44)25-38(29)52-16-14-30(15-17-52)51-18-20-53(21-19-51)41(56)9-6-22-60-39-8-5-7-31-34(39)27-54(46(31)59)37-12-13-40(55)50-45(37)58/h5,7-8,10-11,23-25,30,37,49H,4,6,9,12-22,27H2,1-3H3,(H,50,55,58). The molecule has 0 radical (unpaired) electrons. The Balaban J connectivity index is 0.766. The molecule has 4 aliphatic heterocycles. The molecule has 0 bridgehead atoms. The Bertz CT molecular complexity index is 2480. The number of aromatic amines is 1. The Hall–Kier alpha value is -6.00. The predicted molar refractivity (Wildman–Crippen MR) is 225 cm³/mol. The summed E-state index contributed by atoms with van der Waals surface area (Å²) in [6.07, 6.45) is 4.31. The van der Waals surface area contributed by atoms with Gasteiger partial charge in [-0.2, -0.15) is 5.26 Å². The maximum atomic E-state index is 14.1. The number of hydrogen-bond acceptors (Lipinski definition) is 9. The van der Waals surface area contributed by atoms with Gasteiger partial charge in [-0.15, -0.1) is 0 Å². The van der Waals surface area contributed by atoms with E-state index in [1.54, 1.807) is 18.2 Å². The second-order valence-electron chi connectivity index (χ2n) is 17.4. The van der Waals surface area contributed by atoms with Gasteiger partial charge in [0, 0.05) is 103 Å². The van der Waals surface area contributed by atoms with Crippen LogP contribution in [0.2, 0.25) is 0 Å². The highest BCUT2D eigenvalue weighted by Gasteiger charge is 2.42. The van der Waals surface area contributed by atoms with Gasteiger partial charge in [-0.1, -0.05) is 32.9 Å². The zero-order valence-electron chi connectivity index (χ0n) is 34.6. The molecule has 4 aromatic rings. The summed E-state index contributed by atoms with van der Waals surface area (Å²) in [6.45, 7) is 12.0. The predicted octanol–water partition coefficient (Wildman–Crippen LogP) is 5.21. The number of hydrogen-bond donors (Lipinski definition) is 2. The van der Waals surface area contributed by atoms with Crippen molar-refractivity contribution in [1.82, 2.24) is 25.0 Å². The SMILES string of the molecule is CCc1cc2c(cc1N1CCC(N3CCN(C(=O)CCCOc4cccc5c4CN(C4CCC(=O)NC4=O)C5=O)CC3)CC1)C(C)(C)c1[nH]c3cc(C#N)ccc3c1C2=O. The fourth-order valence-electron chi connectivity index (χ4n) is 10.2. The number of nitriles is 1. The zero-order valence-corrected chi connectivity index (χ0v) is 34.6. The smallest absolute Gasteiger partial charge is 0.255 e. The van der Waals surface area contributed by atoms with Crippen LogP contribution < -0.4 is 15.0 Å². The monoisotopic (exact) mass is 809 g/mol. The number of carbonyl (C=O) groups is 5. The van der Waals surface area contributed by atoms with Crippen LogP contribution in [0.1, 0.15) is 114 Å². The minimum absolute atomic E-state index is 0.0385. The molecule has 5 aliphatic rings. The number of piperazine rings is 1. The maximum Gasteiger partial charge on any atom is 0.255 e. The van der Waals surface area contributed by atoms with Crippen molar-refractivity contribution < 1.29 is 28.7 Å². The third-order valence-corrected chi connectivity index (χ3v) is 13.6. The molecule has 2 N–H and O–H groups in total. The number of amides is 4. The number of ketones is 1. The number of nitrogens with zero attached hydrogens (tertiary/aromatic N) is 5. The number of ether oxygens (including phenoxy) is 1. The highest BCUT2D eigenvalue weighted by Crippen LogP contribution is 2.46. The largest absolute Gasteiger partial charge is 0.493 e. The molecule has 1 aromatic heterocycles. The van der Waals surface area contributed by atoms with Crippen molar-refractivity contribution in [2.24, 2.45) is 0 Å². The van der Waals surface area contributed by atoms with Gasteiger partial charge in [-0.25, -0.2) is 0 Å². The number of fused-ring (bicyclic) bond motifs is 5. The van der Waals surface area contributed by atoms with Gasteiger partial charge in [-0.3, -0.25) is 34.2 Å². The van der Waals surface area contributed by atoms with E-state index in [-0.39, 0.29) is 36.5 Å². The summed E-state index contributed by atoms with van der Waals surface area (Å²) in [5.74, 6) is -0.257. The Labute approximate surface area is 349 Å². The number of anilines is 1. The molecule has 3 aromatic carbocycles. The van der Waals surface area contributed by atoms with E-state index in [2.05, 4.69) is 59.1 Å². The van der Waals surface area contributed by atoms with Gasteiger partial charge in [0.25, 0.3) is 5.91 Å². The molecule has 1 aliphatic carbocycles. The van der Waals surface area contributed by atoms with E-state index in [9.17, 15) is 29.2 Å². The van der Waals surface area contributed by atoms with Gasteiger partial charge in [0.1, 0.15) is 11.8 Å². The molecule has 3 saturated heterocycles. The van der Waals surface area contributed by atoms with E-state index in [4.69, 9.17) is 4.74 Å². The number of benzene rings is 3. The Morgan fingerprint density at radius 1 is 0.950 bits per heavy atom. The van der Waals surface area contributed by atoms with E-state index in [0.717, 1.165) is 78.7 Å². The number of imide groups is 1. The highest BCUT2D eigenvalue weighted by atomic mass is 16.5. The summed E-state index contributed by atoms with van der Waals surface area (Å²) in [5, 5.41) is 12.7. The van der Waals surface area contributed by atoms with E-state index in [0.29, 0.717) is 67.4 Å². The van der Waals surface area contributed by atoms with E-state index in [1.165, 1.54) is 16.2 Å². The van der Waals surface area contributed by atoms with Crippen LogP contribution in [0.25, 0.3) is 10.9 Å². The zero-order chi connectivity index (χ0) is 41.9. The third kappa shape index (κ3) is 6.80. The lowest BCUT2D eigenvalue weighted by Crippen LogP contribution is -2.54. The van der Waals surface area contributed by atoms with Crippen LogP contribution in [0.3, 0.4) is 0 Å². The summed E-state index contributed by atoms with van der Waals surface area (Å²) >= 11 is 0. The van der Waals surface area contributed by atoms with Crippen LogP contribution in [0, 0.1) is 11.3 Å². The van der Waals surface area contributed by atoms with E-state index in [1.807, 2.05) is 23.1 Å². The molecule has 310 valence electrons. The number of carbonyl (C=O) groups excluding carboxylic acids is 5.